The summed E-state index contributed by atoms with van der Waals surface area (Å²) in [6.07, 6.45) is 2.43. The molecule has 22 heavy (non-hydrogen) atoms. The van der Waals surface area contributed by atoms with E-state index in [1.165, 1.54) is 6.07 Å². The predicted molar refractivity (Wildman–Crippen MR) is 91.6 cm³/mol. The zero-order valence-electron chi connectivity index (χ0n) is 13.7. The summed E-state index contributed by atoms with van der Waals surface area (Å²) in [4.78, 5) is 6.60. The van der Waals surface area contributed by atoms with E-state index in [9.17, 15) is 4.39 Å². The quantitative estimate of drug-likeness (QED) is 0.580. The second-order valence-electron chi connectivity index (χ2n) is 5.65. The maximum absolute atomic E-state index is 13.9. The Bertz CT molecular complexity index is 677. The highest BCUT2D eigenvalue weighted by Crippen LogP contribution is 2.26. The van der Waals surface area contributed by atoms with Crippen LogP contribution in [0.3, 0.4) is 0 Å². The standard InChI is InChI=1S/C19H23FN2/c1-5-22(4)13-21-19-11-14(2)10-17(15(19)3)12-16-8-6-7-9-18(16)20/h6-11,13H,5,12H2,1-4H3/b21-13+. The fourth-order valence-electron chi connectivity index (χ4n) is 2.32. The number of hydrogen-bond donors (Lipinski definition) is 0. The van der Waals surface area contributed by atoms with Crippen LogP contribution in [0.4, 0.5) is 10.1 Å². The summed E-state index contributed by atoms with van der Waals surface area (Å²) in [5.74, 6) is -0.154. The van der Waals surface area contributed by atoms with Gasteiger partial charge in [-0.25, -0.2) is 9.38 Å². The zero-order valence-corrected chi connectivity index (χ0v) is 13.7. The summed E-state index contributed by atoms with van der Waals surface area (Å²) in [5.41, 5.74) is 5.04. The molecule has 116 valence electrons. The average molecular weight is 298 g/mol. The number of halogens is 1. The first-order valence-electron chi connectivity index (χ1n) is 7.59. The van der Waals surface area contributed by atoms with Crippen molar-refractivity contribution in [3.8, 4) is 0 Å². The zero-order chi connectivity index (χ0) is 16.1. The number of rotatable bonds is 5. The Labute approximate surface area is 132 Å². The molecule has 2 nitrogen and oxygen atoms in total. The molecule has 0 saturated carbocycles. The monoisotopic (exact) mass is 298 g/mol. The number of aryl methyl sites for hydroxylation is 1. The summed E-state index contributed by atoms with van der Waals surface area (Å²) >= 11 is 0. The van der Waals surface area contributed by atoms with Crippen molar-refractivity contribution in [1.29, 1.82) is 0 Å². The molecule has 0 aliphatic carbocycles. The van der Waals surface area contributed by atoms with E-state index >= 15 is 0 Å². The van der Waals surface area contributed by atoms with E-state index in [0.717, 1.165) is 34.5 Å². The molecule has 0 amide bonds. The van der Waals surface area contributed by atoms with Gasteiger partial charge in [-0.2, -0.15) is 0 Å². The Kier molecular flexibility index (Phi) is 5.31. The Morgan fingerprint density at radius 3 is 2.55 bits per heavy atom. The van der Waals surface area contributed by atoms with E-state index in [1.54, 1.807) is 6.07 Å². The van der Waals surface area contributed by atoms with Gasteiger partial charge in [0.05, 0.1) is 12.0 Å². The number of nitrogens with zero attached hydrogens (tertiary/aromatic N) is 2. The normalized spacial score (nSPS) is 11.1. The van der Waals surface area contributed by atoms with Gasteiger partial charge in [0.2, 0.25) is 0 Å². The summed E-state index contributed by atoms with van der Waals surface area (Å²) in [5, 5.41) is 0. The van der Waals surface area contributed by atoms with Crippen molar-refractivity contribution in [1.82, 2.24) is 4.90 Å². The van der Waals surface area contributed by atoms with Crippen LogP contribution in [-0.2, 0) is 6.42 Å². The van der Waals surface area contributed by atoms with E-state index in [4.69, 9.17) is 0 Å². The average Bonchev–Trinajstić information content (AvgIpc) is 2.50. The van der Waals surface area contributed by atoms with Crippen LogP contribution in [0.1, 0.15) is 29.2 Å². The fraction of sp³-hybridized carbons (Fsp3) is 0.316. The van der Waals surface area contributed by atoms with Crippen molar-refractivity contribution in [3.05, 3.63) is 64.5 Å². The molecular weight excluding hydrogens is 275 g/mol. The molecule has 0 saturated heterocycles. The molecule has 2 rings (SSSR count). The van der Waals surface area contributed by atoms with Crippen molar-refractivity contribution in [2.24, 2.45) is 4.99 Å². The number of benzene rings is 2. The highest BCUT2D eigenvalue weighted by Gasteiger charge is 2.08. The minimum Gasteiger partial charge on any atom is -0.366 e. The molecule has 2 aromatic rings. The van der Waals surface area contributed by atoms with Gasteiger partial charge in [-0.05, 0) is 55.2 Å². The van der Waals surface area contributed by atoms with Gasteiger partial charge in [0, 0.05) is 20.0 Å². The van der Waals surface area contributed by atoms with Gasteiger partial charge in [0.1, 0.15) is 5.82 Å². The first-order chi connectivity index (χ1) is 10.5. The lowest BCUT2D eigenvalue weighted by molar-refractivity contribution is 0.552. The van der Waals surface area contributed by atoms with Crippen molar-refractivity contribution < 1.29 is 4.39 Å². The smallest absolute Gasteiger partial charge is 0.126 e. The summed E-state index contributed by atoms with van der Waals surface area (Å²) in [7, 11) is 1.99. The molecule has 0 atom stereocenters. The SMILES string of the molecule is CCN(C)/C=N/c1cc(C)cc(Cc2ccccc2F)c1C. The molecule has 0 radical (unpaired) electrons. The number of hydrogen-bond acceptors (Lipinski definition) is 1. The van der Waals surface area contributed by atoms with Gasteiger partial charge < -0.3 is 4.90 Å². The van der Waals surface area contributed by atoms with E-state index < -0.39 is 0 Å². The van der Waals surface area contributed by atoms with Crippen LogP contribution in [0.5, 0.6) is 0 Å². The van der Waals surface area contributed by atoms with Crippen LogP contribution >= 0.6 is 0 Å². The largest absolute Gasteiger partial charge is 0.366 e. The summed E-state index contributed by atoms with van der Waals surface area (Å²) in [6.45, 7) is 7.09. The first-order valence-corrected chi connectivity index (χ1v) is 7.59. The third-order valence-corrected chi connectivity index (χ3v) is 3.86. The van der Waals surface area contributed by atoms with Crippen molar-refractivity contribution >= 4 is 12.0 Å². The third-order valence-electron chi connectivity index (χ3n) is 3.86. The second-order valence-corrected chi connectivity index (χ2v) is 5.65. The lowest BCUT2D eigenvalue weighted by atomic mass is 9.97. The minimum atomic E-state index is -0.154. The highest BCUT2D eigenvalue weighted by molar-refractivity contribution is 5.64. The Morgan fingerprint density at radius 2 is 1.86 bits per heavy atom. The molecule has 0 aromatic heterocycles. The van der Waals surface area contributed by atoms with Gasteiger partial charge in [-0.1, -0.05) is 24.3 Å². The van der Waals surface area contributed by atoms with E-state index in [2.05, 4.69) is 24.0 Å². The van der Waals surface area contributed by atoms with Crippen LogP contribution in [0, 0.1) is 19.7 Å². The van der Waals surface area contributed by atoms with Gasteiger partial charge >= 0.3 is 0 Å². The molecule has 0 aliphatic rings. The Balaban J connectivity index is 2.35. The van der Waals surface area contributed by atoms with Crippen LogP contribution < -0.4 is 0 Å². The molecule has 2 aromatic carbocycles. The highest BCUT2D eigenvalue weighted by atomic mass is 19.1. The molecule has 0 fully saturated rings. The predicted octanol–water partition coefficient (Wildman–Crippen LogP) is 4.64. The van der Waals surface area contributed by atoms with Crippen LogP contribution in [0.15, 0.2) is 41.4 Å². The molecule has 0 bridgehead atoms. The minimum absolute atomic E-state index is 0.154. The lowest BCUT2D eigenvalue weighted by Gasteiger charge is -2.13. The molecule has 0 spiro atoms. The molecular formula is C19H23FN2. The van der Waals surface area contributed by atoms with Gasteiger partial charge in [-0.15, -0.1) is 0 Å². The maximum Gasteiger partial charge on any atom is 0.126 e. The molecule has 0 aliphatic heterocycles. The van der Waals surface area contributed by atoms with Gasteiger partial charge in [-0.3, -0.25) is 0 Å². The number of aliphatic imine (C=N–C) groups is 1. The molecule has 0 N–H and O–H groups in total. The first kappa shape index (κ1) is 16.2. The van der Waals surface area contributed by atoms with Crippen molar-refractivity contribution in [2.75, 3.05) is 13.6 Å². The molecule has 3 heteroatoms. The van der Waals surface area contributed by atoms with Gasteiger partial charge in [0.15, 0.2) is 0 Å². The van der Waals surface area contributed by atoms with Crippen molar-refractivity contribution in [2.45, 2.75) is 27.2 Å². The second kappa shape index (κ2) is 7.21. The third kappa shape index (κ3) is 3.94. The van der Waals surface area contributed by atoms with Crippen molar-refractivity contribution in [3.63, 3.8) is 0 Å². The summed E-state index contributed by atoms with van der Waals surface area (Å²) in [6, 6.07) is 11.1. The van der Waals surface area contributed by atoms with E-state index in [-0.39, 0.29) is 5.82 Å². The lowest BCUT2D eigenvalue weighted by Crippen LogP contribution is -2.14. The van der Waals surface area contributed by atoms with E-state index in [1.807, 2.05) is 44.3 Å². The molecule has 0 heterocycles. The van der Waals surface area contributed by atoms with Gasteiger partial charge in [0.25, 0.3) is 0 Å². The topological polar surface area (TPSA) is 15.6 Å². The van der Waals surface area contributed by atoms with Crippen LogP contribution in [0.2, 0.25) is 0 Å². The Morgan fingerprint density at radius 1 is 1.14 bits per heavy atom. The Hall–Kier alpha value is -2.16. The van der Waals surface area contributed by atoms with E-state index in [0.29, 0.717) is 6.42 Å². The maximum atomic E-state index is 13.9. The van der Waals surface area contributed by atoms with Crippen LogP contribution in [-0.4, -0.2) is 24.8 Å². The van der Waals surface area contributed by atoms with Crippen LogP contribution in [0.25, 0.3) is 0 Å². The fourth-order valence-corrected chi connectivity index (χ4v) is 2.32. The molecule has 0 unspecified atom stereocenters. The summed E-state index contributed by atoms with van der Waals surface area (Å²) < 4.78 is 13.9.